The van der Waals surface area contributed by atoms with E-state index in [2.05, 4.69) is 12.2 Å². The Morgan fingerprint density at radius 1 is 1.20 bits per heavy atom. The summed E-state index contributed by atoms with van der Waals surface area (Å²) in [5.41, 5.74) is 0.975. The number of hydrogen-bond donors (Lipinski definition) is 1. The Morgan fingerprint density at radius 2 is 2.05 bits per heavy atom. The van der Waals surface area contributed by atoms with E-state index in [0.29, 0.717) is 11.6 Å². The summed E-state index contributed by atoms with van der Waals surface area (Å²) >= 11 is 7.60. The fourth-order valence-electron chi connectivity index (χ4n) is 1.84. The quantitative estimate of drug-likeness (QED) is 0.742. The number of hydrogen-bond acceptors (Lipinski definition) is 2. The normalized spacial score (nSPS) is 10.8. The second-order valence-electron chi connectivity index (χ2n) is 4.49. The molecule has 0 saturated heterocycles. The van der Waals surface area contributed by atoms with Crippen LogP contribution in [0.2, 0.25) is 5.02 Å². The summed E-state index contributed by atoms with van der Waals surface area (Å²) < 4.78 is 13.4. The van der Waals surface area contributed by atoms with Crippen molar-refractivity contribution < 1.29 is 4.39 Å². The molecule has 0 aliphatic heterocycles. The second kappa shape index (κ2) is 7.67. The average molecular weight is 310 g/mol. The van der Waals surface area contributed by atoms with Crippen LogP contribution in [0.1, 0.15) is 18.9 Å². The Kier molecular flexibility index (Phi) is 5.89. The number of nitrogens with one attached hydrogen (secondary N) is 1. The van der Waals surface area contributed by atoms with Crippen molar-refractivity contribution in [3.05, 3.63) is 58.9 Å². The van der Waals surface area contributed by atoms with Crippen molar-refractivity contribution in [2.45, 2.75) is 29.7 Å². The molecule has 2 aromatic rings. The third-order valence-corrected chi connectivity index (χ3v) is 4.13. The van der Waals surface area contributed by atoms with Crippen LogP contribution in [0.5, 0.6) is 0 Å². The molecule has 1 N–H and O–H groups in total. The topological polar surface area (TPSA) is 12.0 Å². The van der Waals surface area contributed by atoms with Gasteiger partial charge < -0.3 is 5.32 Å². The molecule has 1 nitrogen and oxygen atoms in total. The van der Waals surface area contributed by atoms with Crippen LogP contribution in [0.15, 0.2) is 52.3 Å². The SMILES string of the molecule is CCCNCc1cc(F)ccc1Sc1cccc(Cl)c1. The van der Waals surface area contributed by atoms with E-state index in [4.69, 9.17) is 11.6 Å². The van der Waals surface area contributed by atoms with E-state index in [1.54, 1.807) is 17.8 Å². The summed E-state index contributed by atoms with van der Waals surface area (Å²) in [5, 5.41) is 4.02. The average Bonchev–Trinajstić information content (AvgIpc) is 2.42. The van der Waals surface area contributed by atoms with Gasteiger partial charge in [-0.25, -0.2) is 4.39 Å². The molecular weight excluding hydrogens is 293 g/mol. The number of rotatable bonds is 6. The third-order valence-electron chi connectivity index (χ3n) is 2.79. The van der Waals surface area contributed by atoms with Crippen LogP contribution in [-0.2, 0) is 6.54 Å². The Labute approximate surface area is 128 Å². The number of benzene rings is 2. The maximum absolute atomic E-state index is 13.4. The molecule has 0 unspecified atom stereocenters. The molecular formula is C16H17ClFNS. The van der Waals surface area contributed by atoms with Gasteiger partial charge >= 0.3 is 0 Å². The van der Waals surface area contributed by atoms with Gasteiger partial charge in [-0.3, -0.25) is 0 Å². The molecule has 0 aromatic heterocycles. The van der Waals surface area contributed by atoms with Crippen LogP contribution >= 0.6 is 23.4 Å². The van der Waals surface area contributed by atoms with Crippen LogP contribution in [0, 0.1) is 5.82 Å². The highest BCUT2D eigenvalue weighted by Gasteiger charge is 2.06. The van der Waals surface area contributed by atoms with Gasteiger partial charge in [-0.05, 0) is 54.9 Å². The van der Waals surface area contributed by atoms with E-state index in [0.717, 1.165) is 28.3 Å². The van der Waals surface area contributed by atoms with E-state index in [9.17, 15) is 4.39 Å². The van der Waals surface area contributed by atoms with Gasteiger partial charge in [0.15, 0.2) is 0 Å². The Bertz CT molecular complexity index is 574. The second-order valence-corrected chi connectivity index (χ2v) is 6.04. The molecule has 0 saturated carbocycles. The molecule has 0 spiro atoms. The van der Waals surface area contributed by atoms with Crippen molar-refractivity contribution in [1.82, 2.24) is 5.32 Å². The van der Waals surface area contributed by atoms with Crippen molar-refractivity contribution in [1.29, 1.82) is 0 Å². The standard InChI is InChI=1S/C16H17ClFNS/c1-2-8-19-11-12-9-14(18)6-7-16(12)20-15-5-3-4-13(17)10-15/h3-7,9-10,19H,2,8,11H2,1H3. The van der Waals surface area contributed by atoms with E-state index in [-0.39, 0.29) is 5.82 Å². The molecule has 0 heterocycles. The van der Waals surface area contributed by atoms with Gasteiger partial charge in [-0.15, -0.1) is 0 Å². The first-order chi connectivity index (χ1) is 9.69. The van der Waals surface area contributed by atoms with Crippen LogP contribution in [0.4, 0.5) is 4.39 Å². The van der Waals surface area contributed by atoms with Crippen molar-refractivity contribution in [2.75, 3.05) is 6.54 Å². The van der Waals surface area contributed by atoms with Crippen molar-refractivity contribution in [3.8, 4) is 0 Å². The molecule has 2 aromatic carbocycles. The Balaban J connectivity index is 2.17. The molecule has 20 heavy (non-hydrogen) atoms. The van der Waals surface area contributed by atoms with Gasteiger partial charge in [0.05, 0.1) is 0 Å². The number of halogens is 2. The van der Waals surface area contributed by atoms with E-state index in [1.807, 2.05) is 30.3 Å². The lowest BCUT2D eigenvalue weighted by Gasteiger charge is -2.10. The Morgan fingerprint density at radius 3 is 2.80 bits per heavy atom. The molecule has 0 amide bonds. The third kappa shape index (κ3) is 4.51. The summed E-state index contributed by atoms with van der Waals surface area (Å²) in [6, 6.07) is 12.6. The molecule has 0 bridgehead atoms. The summed E-state index contributed by atoms with van der Waals surface area (Å²) in [6.45, 7) is 3.71. The lowest BCUT2D eigenvalue weighted by molar-refractivity contribution is 0.615. The zero-order valence-corrected chi connectivity index (χ0v) is 12.9. The minimum Gasteiger partial charge on any atom is -0.313 e. The van der Waals surface area contributed by atoms with E-state index in [1.165, 1.54) is 6.07 Å². The lowest BCUT2D eigenvalue weighted by atomic mass is 10.2. The molecule has 106 valence electrons. The van der Waals surface area contributed by atoms with Gasteiger partial charge in [-0.1, -0.05) is 36.4 Å². The molecule has 0 radical (unpaired) electrons. The monoisotopic (exact) mass is 309 g/mol. The summed E-state index contributed by atoms with van der Waals surface area (Å²) in [7, 11) is 0. The maximum Gasteiger partial charge on any atom is 0.123 e. The van der Waals surface area contributed by atoms with Gasteiger partial charge in [0.2, 0.25) is 0 Å². The molecule has 4 heteroatoms. The minimum absolute atomic E-state index is 0.200. The molecule has 0 atom stereocenters. The largest absolute Gasteiger partial charge is 0.313 e. The Hall–Kier alpha value is -1.03. The van der Waals surface area contributed by atoms with Gasteiger partial charge in [0, 0.05) is 21.4 Å². The molecule has 0 fully saturated rings. The smallest absolute Gasteiger partial charge is 0.123 e. The first kappa shape index (κ1) is 15.4. The summed E-state index contributed by atoms with van der Waals surface area (Å²) in [5.74, 6) is -0.200. The fourth-order valence-corrected chi connectivity index (χ4v) is 3.08. The van der Waals surface area contributed by atoms with E-state index < -0.39 is 0 Å². The lowest BCUT2D eigenvalue weighted by Crippen LogP contribution is -2.14. The highest BCUT2D eigenvalue weighted by Crippen LogP contribution is 2.32. The highest BCUT2D eigenvalue weighted by atomic mass is 35.5. The first-order valence-electron chi connectivity index (χ1n) is 6.61. The van der Waals surface area contributed by atoms with Crippen molar-refractivity contribution in [2.24, 2.45) is 0 Å². The summed E-state index contributed by atoms with van der Waals surface area (Å²) in [4.78, 5) is 2.11. The van der Waals surface area contributed by atoms with E-state index >= 15 is 0 Å². The maximum atomic E-state index is 13.4. The first-order valence-corrected chi connectivity index (χ1v) is 7.81. The van der Waals surface area contributed by atoms with Gasteiger partial charge in [-0.2, -0.15) is 0 Å². The van der Waals surface area contributed by atoms with Gasteiger partial charge in [0.25, 0.3) is 0 Å². The zero-order chi connectivity index (χ0) is 14.4. The molecule has 2 rings (SSSR count). The zero-order valence-electron chi connectivity index (χ0n) is 11.3. The predicted molar refractivity (Wildman–Crippen MR) is 84.0 cm³/mol. The van der Waals surface area contributed by atoms with Crippen LogP contribution < -0.4 is 5.32 Å². The van der Waals surface area contributed by atoms with Gasteiger partial charge in [0.1, 0.15) is 5.82 Å². The van der Waals surface area contributed by atoms with Crippen molar-refractivity contribution in [3.63, 3.8) is 0 Å². The fraction of sp³-hybridized carbons (Fsp3) is 0.250. The van der Waals surface area contributed by atoms with Crippen molar-refractivity contribution >= 4 is 23.4 Å². The molecule has 0 aliphatic carbocycles. The minimum atomic E-state index is -0.200. The summed E-state index contributed by atoms with van der Waals surface area (Å²) in [6.07, 6.45) is 1.06. The predicted octanol–water partition coefficient (Wildman–Crippen LogP) is 5.13. The van der Waals surface area contributed by atoms with Crippen LogP contribution in [0.25, 0.3) is 0 Å². The van der Waals surface area contributed by atoms with Crippen LogP contribution in [-0.4, -0.2) is 6.54 Å². The molecule has 0 aliphatic rings. The highest BCUT2D eigenvalue weighted by molar-refractivity contribution is 7.99. The van der Waals surface area contributed by atoms with Crippen LogP contribution in [0.3, 0.4) is 0 Å².